The van der Waals surface area contributed by atoms with E-state index in [1.54, 1.807) is 56.3 Å². The van der Waals surface area contributed by atoms with E-state index in [1.807, 2.05) is 0 Å². The van der Waals surface area contributed by atoms with Gasteiger partial charge in [0.15, 0.2) is 0 Å². The summed E-state index contributed by atoms with van der Waals surface area (Å²) >= 11 is 7.09. The summed E-state index contributed by atoms with van der Waals surface area (Å²) in [6, 6.07) is 13.0. The van der Waals surface area contributed by atoms with Gasteiger partial charge in [-0.3, -0.25) is 14.9 Å². The Morgan fingerprint density at radius 3 is 2.46 bits per heavy atom. The van der Waals surface area contributed by atoms with Crippen LogP contribution in [0.15, 0.2) is 58.3 Å². The largest absolute Gasteiger partial charge is 0.283 e. The predicted octanol–water partition coefficient (Wildman–Crippen LogP) is 4.90. The number of rotatable bonds is 4. The number of carbonyl (C=O) groups is 1. The van der Waals surface area contributed by atoms with Crippen LogP contribution in [0.2, 0.25) is 5.02 Å². The molecule has 2 aromatic carbocycles. The number of nitro groups is 1. The maximum atomic E-state index is 12.7. The Balaban J connectivity index is 1.98. The fourth-order valence-electron chi connectivity index (χ4n) is 2.49. The van der Waals surface area contributed by atoms with E-state index >= 15 is 0 Å². The van der Waals surface area contributed by atoms with E-state index in [0.717, 1.165) is 4.90 Å². The molecule has 26 heavy (non-hydrogen) atoms. The van der Waals surface area contributed by atoms with Crippen molar-refractivity contribution in [3.8, 4) is 0 Å². The van der Waals surface area contributed by atoms with Crippen LogP contribution < -0.4 is 0 Å². The van der Waals surface area contributed by atoms with Crippen molar-refractivity contribution in [3.63, 3.8) is 0 Å². The van der Waals surface area contributed by atoms with Crippen molar-refractivity contribution in [2.24, 2.45) is 0 Å². The van der Waals surface area contributed by atoms with Gasteiger partial charge in [-0.1, -0.05) is 35.5 Å². The zero-order valence-electron chi connectivity index (χ0n) is 14.0. The van der Waals surface area contributed by atoms with Crippen LogP contribution in [-0.4, -0.2) is 20.6 Å². The van der Waals surface area contributed by atoms with Gasteiger partial charge in [0.2, 0.25) is 0 Å². The zero-order valence-corrected chi connectivity index (χ0v) is 15.5. The molecule has 0 amide bonds. The first-order chi connectivity index (χ1) is 12.4. The van der Waals surface area contributed by atoms with Crippen LogP contribution in [0.25, 0.3) is 0 Å². The summed E-state index contributed by atoms with van der Waals surface area (Å²) < 4.78 is 1.32. The van der Waals surface area contributed by atoms with Gasteiger partial charge >= 0.3 is 0 Å². The third kappa shape index (κ3) is 3.49. The predicted molar refractivity (Wildman–Crippen MR) is 100 cm³/mol. The molecule has 8 heteroatoms. The normalized spacial score (nSPS) is 10.7. The van der Waals surface area contributed by atoms with Crippen LogP contribution in [0.5, 0.6) is 0 Å². The van der Waals surface area contributed by atoms with Gasteiger partial charge in [-0.25, -0.2) is 0 Å². The van der Waals surface area contributed by atoms with E-state index in [0.29, 0.717) is 26.9 Å². The maximum absolute atomic E-state index is 12.7. The van der Waals surface area contributed by atoms with Gasteiger partial charge in [-0.2, -0.15) is 9.78 Å². The lowest BCUT2D eigenvalue weighted by Gasteiger charge is -2.05. The average molecular weight is 388 g/mol. The molecule has 0 bridgehead atoms. The van der Waals surface area contributed by atoms with Crippen molar-refractivity contribution in [1.82, 2.24) is 9.78 Å². The molecule has 1 aromatic heterocycles. The molecular formula is C18H14ClN3O3S. The summed E-state index contributed by atoms with van der Waals surface area (Å²) in [5, 5.41) is 16.1. The van der Waals surface area contributed by atoms with Gasteiger partial charge in [-0.15, -0.1) is 0 Å². The van der Waals surface area contributed by atoms with Gasteiger partial charge in [-0.05, 0) is 44.2 Å². The van der Waals surface area contributed by atoms with E-state index in [1.165, 1.54) is 22.5 Å². The monoisotopic (exact) mass is 387 g/mol. The number of nitro benzene ring substituents is 1. The molecule has 0 spiro atoms. The number of para-hydroxylation sites is 1. The summed E-state index contributed by atoms with van der Waals surface area (Å²) in [5.74, 6) is -0.281. The van der Waals surface area contributed by atoms with Crippen molar-refractivity contribution < 1.29 is 9.72 Å². The number of benzene rings is 2. The fraction of sp³-hybridized carbons (Fsp3) is 0.111. The van der Waals surface area contributed by atoms with Crippen molar-refractivity contribution in [3.05, 3.63) is 80.6 Å². The van der Waals surface area contributed by atoms with Gasteiger partial charge in [0.25, 0.3) is 11.6 Å². The molecule has 0 saturated heterocycles. The smallest absolute Gasteiger partial charge is 0.267 e. The van der Waals surface area contributed by atoms with Gasteiger partial charge in [0.05, 0.1) is 26.1 Å². The minimum Gasteiger partial charge on any atom is -0.267 e. The molecule has 1 heterocycles. The highest BCUT2D eigenvalue weighted by Crippen LogP contribution is 2.37. The van der Waals surface area contributed by atoms with Gasteiger partial charge in [0.1, 0.15) is 0 Å². The van der Waals surface area contributed by atoms with Crippen LogP contribution in [-0.2, 0) is 0 Å². The third-order valence-corrected chi connectivity index (χ3v) is 5.39. The Morgan fingerprint density at radius 1 is 1.15 bits per heavy atom. The molecule has 132 valence electrons. The van der Waals surface area contributed by atoms with Crippen LogP contribution >= 0.6 is 23.4 Å². The summed E-state index contributed by atoms with van der Waals surface area (Å²) in [7, 11) is 0. The summed E-state index contributed by atoms with van der Waals surface area (Å²) in [4.78, 5) is 24.7. The van der Waals surface area contributed by atoms with E-state index in [2.05, 4.69) is 5.10 Å². The molecule has 0 aliphatic rings. The first kappa shape index (κ1) is 18.2. The second kappa shape index (κ2) is 7.31. The van der Waals surface area contributed by atoms with Crippen molar-refractivity contribution >= 4 is 35.0 Å². The lowest BCUT2D eigenvalue weighted by Crippen LogP contribution is -2.15. The highest BCUT2D eigenvalue weighted by atomic mass is 35.5. The first-order valence-corrected chi connectivity index (χ1v) is 8.85. The molecule has 3 rings (SSSR count). The lowest BCUT2D eigenvalue weighted by molar-refractivity contribution is -0.387. The van der Waals surface area contributed by atoms with Gasteiger partial charge in [0, 0.05) is 16.7 Å². The zero-order chi connectivity index (χ0) is 18.8. The molecule has 0 fully saturated rings. The quantitative estimate of drug-likeness (QED) is 0.470. The number of halogens is 1. The van der Waals surface area contributed by atoms with Crippen LogP contribution in [0.3, 0.4) is 0 Å². The minimum atomic E-state index is -0.420. The Hall–Kier alpha value is -2.64. The van der Waals surface area contributed by atoms with E-state index < -0.39 is 4.92 Å². The van der Waals surface area contributed by atoms with E-state index in [9.17, 15) is 14.9 Å². The summed E-state index contributed by atoms with van der Waals surface area (Å²) in [6.07, 6.45) is 0. The molecule has 0 aliphatic carbocycles. The molecule has 0 radical (unpaired) electrons. The van der Waals surface area contributed by atoms with Gasteiger partial charge < -0.3 is 0 Å². The molecule has 0 aliphatic heterocycles. The molecular weight excluding hydrogens is 374 g/mol. The second-order valence-electron chi connectivity index (χ2n) is 5.55. The Morgan fingerprint density at radius 2 is 1.81 bits per heavy atom. The Labute approximate surface area is 158 Å². The number of aromatic nitrogens is 2. The Kier molecular flexibility index (Phi) is 5.11. The van der Waals surface area contributed by atoms with E-state index in [4.69, 9.17) is 11.6 Å². The number of carbonyl (C=O) groups excluding carboxylic acids is 1. The number of hydrogen-bond acceptors (Lipinski definition) is 5. The number of nitrogens with zero attached hydrogens (tertiary/aromatic N) is 3. The number of hydrogen-bond donors (Lipinski definition) is 0. The number of aryl methyl sites for hydroxylation is 1. The van der Waals surface area contributed by atoms with Crippen LogP contribution in [0.4, 0.5) is 5.69 Å². The molecule has 3 aromatic rings. The second-order valence-corrected chi connectivity index (χ2v) is 7.04. The topological polar surface area (TPSA) is 78.0 Å². The molecule has 0 atom stereocenters. The third-order valence-electron chi connectivity index (χ3n) is 3.78. The molecule has 6 nitrogen and oxygen atoms in total. The highest BCUT2D eigenvalue weighted by molar-refractivity contribution is 7.99. The van der Waals surface area contributed by atoms with Crippen molar-refractivity contribution in [2.45, 2.75) is 23.6 Å². The molecule has 0 unspecified atom stereocenters. The summed E-state index contributed by atoms with van der Waals surface area (Å²) in [5.41, 5.74) is 1.74. The van der Waals surface area contributed by atoms with Crippen LogP contribution in [0.1, 0.15) is 21.7 Å². The first-order valence-electron chi connectivity index (χ1n) is 7.66. The van der Waals surface area contributed by atoms with E-state index in [-0.39, 0.29) is 11.6 Å². The Bertz CT molecular complexity index is 999. The lowest BCUT2D eigenvalue weighted by atomic mass is 10.2. The average Bonchev–Trinajstić information content (AvgIpc) is 2.90. The maximum Gasteiger partial charge on any atom is 0.283 e. The van der Waals surface area contributed by atoms with Crippen molar-refractivity contribution in [1.29, 1.82) is 0 Å². The molecule has 0 saturated carbocycles. The minimum absolute atomic E-state index is 0.0214. The summed E-state index contributed by atoms with van der Waals surface area (Å²) in [6.45, 7) is 3.54. The molecule has 0 N–H and O–H groups in total. The SMILES string of the molecule is Cc1nn(C(=O)c2ccc(Cl)cc2)c(C)c1Sc1ccccc1[N+](=O)[O-]. The standard InChI is InChI=1S/C18H14ClN3O3S/c1-11-17(26-16-6-4-3-5-15(16)22(24)25)12(2)21(20-11)18(23)13-7-9-14(19)10-8-13/h3-10H,1-2H3. The van der Waals surface area contributed by atoms with Crippen molar-refractivity contribution in [2.75, 3.05) is 0 Å². The highest BCUT2D eigenvalue weighted by Gasteiger charge is 2.21. The van der Waals surface area contributed by atoms with Crippen LogP contribution in [0, 0.1) is 24.0 Å². The fourth-order valence-corrected chi connectivity index (χ4v) is 3.66.